The number of carbonyl (C=O) groups excluding carboxylic acids is 1. The molecule has 0 radical (unpaired) electrons. The molecule has 4 nitrogen and oxygen atoms in total. The summed E-state index contributed by atoms with van der Waals surface area (Å²) in [6.07, 6.45) is 3.87. The van der Waals surface area contributed by atoms with Crippen molar-refractivity contribution in [2.75, 3.05) is 13.2 Å². The van der Waals surface area contributed by atoms with Crippen molar-refractivity contribution in [3.05, 3.63) is 0 Å². The monoisotopic (exact) mass is 270 g/mol. The number of carbonyl (C=O) groups is 1. The number of hydrogen-bond donors (Lipinski definition) is 2. The van der Waals surface area contributed by atoms with E-state index in [1.807, 2.05) is 0 Å². The first kappa shape index (κ1) is 16.4. The molecule has 0 aromatic heterocycles. The van der Waals surface area contributed by atoms with Gasteiger partial charge in [-0.3, -0.25) is 4.79 Å². The highest BCUT2D eigenvalue weighted by atomic mass is 16.5. The van der Waals surface area contributed by atoms with Gasteiger partial charge < -0.3 is 15.4 Å². The van der Waals surface area contributed by atoms with Gasteiger partial charge in [0.2, 0.25) is 5.91 Å². The van der Waals surface area contributed by atoms with E-state index in [-0.39, 0.29) is 23.1 Å². The first-order valence-electron chi connectivity index (χ1n) is 7.48. The van der Waals surface area contributed by atoms with Gasteiger partial charge in [0, 0.05) is 18.2 Å². The van der Waals surface area contributed by atoms with E-state index in [1.165, 1.54) is 0 Å². The molecule has 1 unspecified atom stereocenters. The molecule has 1 heterocycles. The van der Waals surface area contributed by atoms with Crippen LogP contribution < -0.4 is 10.6 Å². The van der Waals surface area contributed by atoms with Crippen LogP contribution in [0.4, 0.5) is 0 Å². The summed E-state index contributed by atoms with van der Waals surface area (Å²) in [5.41, 5.74) is -0.0583. The third kappa shape index (κ3) is 5.49. The summed E-state index contributed by atoms with van der Waals surface area (Å²) >= 11 is 0. The molecule has 0 aliphatic carbocycles. The maximum atomic E-state index is 11.9. The summed E-state index contributed by atoms with van der Waals surface area (Å²) < 4.78 is 5.92. The van der Waals surface area contributed by atoms with Gasteiger partial charge >= 0.3 is 0 Å². The molecule has 2 N–H and O–H groups in total. The lowest BCUT2D eigenvalue weighted by molar-refractivity contribution is -0.125. The molecule has 1 aliphatic rings. The van der Waals surface area contributed by atoms with Crippen LogP contribution >= 0.6 is 0 Å². The lowest BCUT2D eigenvalue weighted by Crippen LogP contribution is -2.51. The highest BCUT2D eigenvalue weighted by Gasteiger charge is 2.34. The molecule has 1 amide bonds. The van der Waals surface area contributed by atoms with Gasteiger partial charge in [0.1, 0.15) is 0 Å². The normalized spacial score (nSPS) is 23.1. The van der Waals surface area contributed by atoms with E-state index in [4.69, 9.17) is 4.74 Å². The zero-order valence-corrected chi connectivity index (χ0v) is 13.1. The largest absolute Gasteiger partial charge is 0.375 e. The topological polar surface area (TPSA) is 50.4 Å². The second-order valence-corrected chi connectivity index (χ2v) is 6.60. The van der Waals surface area contributed by atoms with Crippen LogP contribution in [0.2, 0.25) is 0 Å². The van der Waals surface area contributed by atoms with Crippen molar-refractivity contribution in [1.82, 2.24) is 10.6 Å². The SMILES string of the molecule is CCC1(CC)CC(NC(=O)CNC(C)(C)C)CCO1. The molecular formula is C15H30N2O2. The highest BCUT2D eigenvalue weighted by Crippen LogP contribution is 2.31. The standard InChI is InChI=1S/C15H30N2O2/c1-6-15(7-2)10-12(8-9-19-15)17-13(18)11-16-14(3,4)5/h12,16H,6-11H2,1-5H3,(H,17,18). The molecule has 1 saturated heterocycles. The van der Waals surface area contributed by atoms with E-state index in [0.717, 1.165) is 32.3 Å². The zero-order chi connectivity index (χ0) is 14.5. The Kier molecular flexibility index (Phi) is 5.81. The molecule has 0 saturated carbocycles. The van der Waals surface area contributed by atoms with Crippen molar-refractivity contribution in [1.29, 1.82) is 0 Å². The molecule has 0 aromatic carbocycles. The third-order valence-corrected chi connectivity index (χ3v) is 3.93. The minimum Gasteiger partial charge on any atom is -0.375 e. The summed E-state index contributed by atoms with van der Waals surface area (Å²) in [7, 11) is 0. The van der Waals surface area contributed by atoms with Gasteiger partial charge in [-0.25, -0.2) is 0 Å². The van der Waals surface area contributed by atoms with Crippen molar-refractivity contribution >= 4 is 5.91 Å². The van der Waals surface area contributed by atoms with Gasteiger partial charge in [-0.15, -0.1) is 0 Å². The van der Waals surface area contributed by atoms with E-state index in [0.29, 0.717) is 6.54 Å². The second-order valence-electron chi connectivity index (χ2n) is 6.60. The molecule has 0 bridgehead atoms. The second kappa shape index (κ2) is 6.71. The number of amides is 1. The molecule has 1 aliphatic heterocycles. The molecule has 1 rings (SSSR count). The average molecular weight is 270 g/mol. The Hall–Kier alpha value is -0.610. The molecule has 1 atom stereocenters. The first-order valence-corrected chi connectivity index (χ1v) is 7.48. The maximum Gasteiger partial charge on any atom is 0.234 e. The summed E-state index contributed by atoms with van der Waals surface area (Å²) in [5, 5.41) is 6.35. The lowest BCUT2D eigenvalue weighted by atomic mass is 9.86. The summed E-state index contributed by atoms with van der Waals surface area (Å²) in [4.78, 5) is 11.9. The van der Waals surface area contributed by atoms with Crippen LogP contribution in [0.5, 0.6) is 0 Å². The van der Waals surface area contributed by atoms with Crippen molar-refractivity contribution in [2.45, 2.75) is 77.5 Å². The van der Waals surface area contributed by atoms with Gasteiger partial charge in [-0.1, -0.05) is 13.8 Å². The van der Waals surface area contributed by atoms with Crippen LogP contribution in [0.1, 0.15) is 60.3 Å². The molecule has 1 fully saturated rings. The highest BCUT2D eigenvalue weighted by molar-refractivity contribution is 5.78. The van der Waals surface area contributed by atoms with Crippen LogP contribution in [-0.4, -0.2) is 36.2 Å². The zero-order valence-electron chi connectivity index (χ0n) is 13.1. The maximum absolute atomic E-state index is 11.9. The number of rotatable bonds is 5. The van der Waals surface area contributed by atoms with Gasteiger partial charge in [0.05, 0.1) is 12.1 Å². The van der Waals surface area contributed by atoms with E-state index < -0.39 is 0 Å². The molecule has 4 heteroatoms. The van der Waals surface area contributed by atoms with Crippen LogP contribution in [0, 0.1) is 0 Å². The van der Waals surface area contributed by atoms with Crippen molar-refractivity contribution in [3.8, 4) is 0 Å². The number of ether oxygens (including phenoxy) is 1. The molecular weight excluding hydrogens is 240 g/mol. The number of hydrogen-bond acceptors (Lipinski definition) is 3. The van der Waals surface area contributed by atoms with Gasteiger partial charge in [0.25, 0.3) is 0 Å². The van der Waals surface area contributed by atoms with E-state index in [9.17, 15) is 4.79 Å². The fourth-order valence-corrected chi connectivity index (χ4v) is 2.52. The lowest BCUT2D eigenvalue weighted by Gasteiger charge is -2.40. The summed E-state index contributed by atoms with van der Waals surface area (Å²) in [5.74, 6) is 0.0860. The average Bonchev–Trinajstić information content (AvgIpc) is 2.36. The molecule has 19 heavy (non-hydrogen) atoms. The Morgan fingerprint density at radius 3 is 2.47 bits per heavy atom. The minimum atomic E-state index is -0.0341. The smallest absolute Gasteiger partial charge is 0.234 e. The fraction of sp³-hybridized carbons (Fsp3) is 0.933. The Morgan fingerprint density at radius 1 is 1.32 bits per heavy atom. The van der Waals surface area contributed by atoms with Crippen molar-refractivity contribution in [2.24, 2.45) is 0 Å². The summed E-state index contributed by atoms with van der Waals surface area (Å²) in [6.45, 7) is 11.6. The van der Waals surface area contributed by atoms with Crippen LogP contribution in [0.25, 0.3) is 0 Å². The minimum absolute atomic E-state index is 0.0242. The predicted octanol–water partition coefficient (Wildman–Crippen LogP) is 2.23. The molecule has 0 aromatic rings. The Labute approximate surface area is 117 Å². The Balaban J connectivity index is 2.42. The van der Waals surface area contributed by atoms with Crippen LogP contribution in [0.3, 0.4) is 0 Å². The van der Waals surface area contributed by atoms with E-state index >= 15 is 0 Å². The fourth-order valence-electron chi connectivity index (χ4n) is 2.52. The quantitative estimate of drug-likeness (QED) is 0.805. The third-order valence-electron chi connectivity index (χ3n) is 3.93. The van der Waals surface area contributed by atoms with Gasteiger partial charge in [-0.2, -0.15) is 0 Å². The van der Waals surface area contributed by atoms with Crippen LogP contribution in [0.15, 0.2) is 0 Å². The Bertz CT molecular complexity index is 293. The van der Waals surface area contributed by atoms with Gasteiger partial charge in [0.15, 0.2) is 0 Å². The Morgan fingerprint density at radius 2 is 1.95 bits per heavy atom. The molecule has 112 valence electrons. The van der Waals surface area contributed by atoms with E-state index in [1.54, 1.807) is 0 Å². The first-order chi connectivity index (χ1) is 8.80. The van der Waals surface area contributed by atoms with Crippen molar-refractivity contribution in [3.63, 3.8) is 0 Å². The van der Waals surface area contributed by atoms with Crippen LogP contribution in [-0.2, 0) is 9.53 Å². The number of nitrogens with one attached hydrogen (secondary N) is 2. The summed E-state index contributed by atoms with van der Waals surface area (Å²) in [6, 6.07) is 0.253. The van der Waals surface area contributed by atoms with E-state index in [2.05, 4.69) is 45.3 Å². The van der Waals surface area contributed by atoms with Gasteiger partial charge in [-0.05, 0) is 46.5 Å². The molecule has 0 spiro atoms. The van der Waals surface area contributed by atoms with Crippen molar-refractivity contribution < 1.29 is 9.53 Å². The predicted molar refractivity (Wildman–Crippen MR) is 78.2 cm³/mol.